The van der Waals surface area contributed by atoms with Gasteiger partial charge in [-0.05, 0) is 11.6 Å². The van der Waals surface area contributed by atoms with Crippen LogP contribution in [0.5, 0.6) is 0 Å². The molecule has 3 atom stereocenters. The minimum absolute atomic E-state index is 0.340. The zero-order valence-electron chi connectivity index (χ0n) is 9.46. The molecule has 6 nitrogen and oxygen atoms in total. The van der Waals surface area contributed by atoms with Gasteiger partial charge in [-0.3, -0.25) is 9.59 Å². The minimum Gasteiger partial charge on any atom is -0.479 e. The van der Waals surface area contributed by atoms with Crippen molar-refractivity contribution in [3.63, 3.8) is 0 Å². The second-order valence-electron chi connectivity index (χ2n) is 4.04. The van der Waals surface area contributed by atoms with E-state index in [-0.39, 0.29) is 5.37 Å². The van der Waals surface area contributed by atoms with Crippen LogP contribution in [-0.4, -0.2) is 51.0 Å². The number of thioether (sulfide) groups is 1. The van der Waals surface area contributed by atoms with Crippen LogP contribution in [-0.2, 0) is 14.4 Å². The number of carbonyl (C=O) groups is 3. The van der Waals surface area contributed by atoms with Gasteiger partial charge in [0, 0.05) is 5.75 Å². The van der Waals surface area contributed by atoms with Crippen LogP contribution in [0.15, 0.2) is 24.8 Å². The average Bonchev–Trinajstić information content (AvgIpc) is 2.34. The zero-order valence-corrected chi connectivity index (χ0v) is 10.3. The fourth-order valence-corrected chi connectivity index (χ4v) is 3.35. The van der Waals surface area contributed by atoms with E-state index in [9.17, 15) is 14.4 Å². The number of rotatable bonds is 3. The molecule has 0 aromatic carbocycles. The maximum atomic E-state index is 11.9. The number of aliphatic carboxylic acids is 1. The first-order chi connectivity index (χ1) is 8.47. The highest BCUT2D eigenvalue weighted by molar-refractivity contribution is 8.00. The lowest BCUT2D eigenvalue weighted by atomic mass is 9.98. The molecule has 0 spiro atoms. The quantitative estimate of drug-likeness (QED) is 0.412. The normalized spacial score (nSPS) is 30.2. The number of carboxylic acids is 1. The molecular formula is C11H12N2O4S. The Hall–Kier alpha value is -1.76. The fourth-order valence-electron chi connectivity index (χ4n) is 2.04. The van der Waals surface area contributed by atoms with Crippen LogP contribution in [0.3, 0.4) is 0 Å². The zero-order chi connectivity index (χ0) is 13.4. The maximum Gasteiger partial charge on any atom is 0.330 e. The number of nitrogens with one attached hydrogen (secondary N) is 1. The molecule has 0 radical (unpaired) electrons. The number of carboxylic acid groups (broad SMARTS) is 1. The van der Waals surface area contributed by atoms with E-state index in [0.717, 1.165) is 6.08 Å². The number of hydrogen-bond donors (Lipinski definition) is 2. The van der Waals surface area contributed by atoms with Gasteiger partial charge in [-0.25, -0.2) is 4.79 Å². The number of hydrogen-bond acceptors (Lipinski definition) is 4. The Morgan fingerprint density at radius 1 is 1.56 bits per heavy atom. The molecule has 2 aliphatic rings. The molecule has 2 saturated heterocycles. The average molecular weight is 268 g/mol. The molecule has 2 fully saturated rings. The summed E-state index contributed by atoms with van der Waals surface area (Å²) in [5.74, 6) is -1.46. The topological polar surface area (TPSA) is 86.7 Å². The van der Waals surface area contributed by atoms with Gasteiger partial charge in [0.1, 0.15) is 11.4 Å². The molecule has 2 amide bonds. The van der Waals surface area contributed by atoms with Crippen molar-refractivity contribution in [1.29, 1.82) is 0 Å². The first-order valence-corrected chi connectivity index (χ1v) is 6.29. The minimum atomic E-state index is -1.09. The number of nitrogens with zero attached hydrogens (tertiary/aromatic N) is 1. The van der Waals surface area contributed by atoms with E-state index in [1.165, 1.54) is 16.7 Å². The highest BCUT2D eigenvalue weighted by atomic mass is 32.2. The fraction of sp³-hybridized carbons (Fsp3) is 0.364. The lowest BCUT2D eigenvalue weighted by Crippen LogP contribution is -2.74. The maximum absolute atomic E-state index is 11.9. The first-order valence-electron chi connectivity index (χ1n) is 5.24. The van der Waals surface area contributed by atoms with Crippen molar-refractivity contribution in [3.8, 4) is 0 Å². The molecule has 0 aromatic heterocycles. The van der Waals surface area contributed by atoms with Crippen LogP contribution in [0.1, 0.15) is 0 Å². The lowest BCUT2D eigenvalue weighted by molar-refractivity contribution is -0.160. The third-order valence-corrected chi connectivity index (χ3v) is 4.28. The molecule has 2 rings (SSSR count). The molecule has 0 aromatic rings. The van der Waals surface area contributed by atoms with E-state index in [4.69, 9.17) is 5.11 Å². The summed E-state index contributed by atoms with van der Waals surface area (Å²) in [6, 6.07) is -1.66. The highest BCUT2D eigenvalue weighted by Gasteiger charge is 2.55. The summed E-state index contributed by atoms with van der Waals surface area (Å²) in [6.45, 7) is 6.98. The van der Waals surface area contributed by atoms with Crippen molar-refractivity contribution >= 4 is 29.5 Å². The number of carbonyl (C=O) groups excluding carboxylic acids is 2. The molecule has 18 heavy (non-hydrogen) atoms. The van der Waals surface area contributed by atoms with Crippen LogP contribution in [0, 0.1) is 0 Å². The SMILES string of the molecule is C=CC(=O)NC1C(=O)N2C(C(=O)O)C(=C)CS[C@H]12. The third-order valence-electron chi connectivity index (χ3n) is 2.90. The molecular weight excluding hydrogens is 256 g/mol. The first kappa shape index (κ1) is 12.7. The van der Waals surface area contributed by atoms with Gasteiger partial charge in [0.2, 0.25) is 11.8 Å². The second kappa shape index (κ2) is 4.49. The van der Waals surface area contributed by atoms with Gasteiger partial charge >= 0.3 is 5.97 Å². The van der Waals surface area contributed by atoms with Crippen molar-refractivity contribution in [2.24, 2.45) is 0 Å². The van der Waals surface area contributed by atoms with E-state index < -0.39 is 29.9 Å². The predicted octanol–water partition coefficient (Wildman–Crippen LogP) is -0.418. The number of fused-ring (bicyclic) bond motifs is 1. The second-order valence-corrected chi connectivity index (χ2v) is 5.14. The van der Waals surface area contributed by atoms with E-state index in [0.29, 0.717) is 11.3 Å². The molecule has 7 heteroatoms. The Balaban J connectivity index is 2.15. The van der Waals surface area contributed by atoms with Crippen molar-refractivity contribution in [2.75, 3.05) is 5.75 Å². The standard InChI is InChI=1S/C11H12N2O4S/c1-3-6(14)12-7-9(15)13-8(11(16)17)5(2)4-18-10(7)13/h3,7-8,10H,1-2,4H2,(H,12,14)(H,16,17)/t7?,8?,10-/m1/s1. The van der Waals surface area contributed by atoms with Gasteiger partial charge in [-0.1, -0.05) is 13.2 Å². The van der Waals surface area contributed by atoms with Crippen molar-refractivity contribution < 1.29 is 19.5 Å². The summed E-state index contributed by atoms with van der Waals surface area (Å²) in [5.41, 5.74) is 0.491. The van der Waals surface area contributed by atoms with Crippen LogP contribution < -0.4 is 5.32 Å². The lowest BCUT2D eigenvalue weighted by Gasteiger charge is -2.52. The van der Waals surface area contributed by atoms with Gasteiger partial charge in [0.05, 0.1) is 0 Å². The van der Waals surface area contributed by atoms with Gasteiger partial charge in [-0.2, -0.15) is 0 Å². The Bertz CT molecular complexity index is 462. The van der Waals surface area contributed by atoms with E-state index in [1.54, 1.807) is 0 Å². The molecule has 0 saturated carbocycles. The number of amides is 2. The van der Waals surface area contributed by atoms with E-state index in [1.807, 2.05) is 0 Å². The van der Waals surface area contributed by atoms with Crippen LogP contribution in [0.2, 0.25) is 0 Å². The molecule has 2 unspecified atom stereocenters. The molecule has 96 valence electrons. The summed E-state index contributed by atoms with van der Waals surface area (Å²) in [4.78, 5) is 35.4. The monoisotopic (exact) mass is 268 g/mol. The largest absolute Gasteiger partial charge is 0.479 e. The predicted molar refractivity (Wildman–Crippen MR) is 65.8 cm³/mol. The van der Waals surface area contributed by atoms with Gasteiger partial charge in [0.15, 0.2) is 6.04 Å². The Morgan fingerprint density at radius 3 is 2.78 bits per heavy atom. The molecule has 2 aliphatic heterocycles. The van der Waals surface area contributed by atoms with Crippen molar-refractivity contribution in [1.82, 2.24) is 10.2 Å². The third kappa shape index (κ3) is 1.80. The number of β-lactam (4-membered cyclic amide) rings is 1. The van der Waals surface area contributed by atoms with Gasteiger partial charge < -0.3 is 15.3 Å². The highest BCUT2D eigenvalue weighted by Crippen LogP contribution is 2.39. The molecule has 2 heterocycles. The summed E-state index contributed by atoms with van der Waals surface area (Å²) < 4.78 is 0. The Morgan fingerprint density at radius 2 is 2.22 bits per heavy atom. The van der Waals surface area contributed by atoms with Gasteiger partial charge in [-0.15, -0.1) is 11.8 Å². The van der Waals surface area contributed by atoms with E-state index in [2.05, 4.69) is 18.5 Å². The molecule has 0 bridgehead atoms. The summed E-state index contributed by atoms with van der Waals surface area (Å²) in [5, 5.41) is 11.3. The van der Waals surface area contributed by atoms with Gasteiger partial charge in [0.25, 0.3) is 0 Å². The summed E-state index contributed by atoms with van der Waals surface area (Å²) in [6.07, 6.45) is 1.08. The van der Waals surface area contributed by atoms with Crippen LogP contribution in [0.4, 0.5) is 0 Å². The van der Waals surface area contributed by atoms with Crippen molar-refractivity contribution in [2.45, 2.75) is 17.5 Å². The van der Waals surface area contributed by atoms with Crippen LogP contribution >= 0.6 is 11.8 Å². The smallest absolute Gasteiger partial charge is 0.330 e. The van der Waals surface area contributed by atoms with Crippen molar-refractivity contribution in [3.05, 3.63) is 24.8 Å². The molecule has 0 aliphatic carbocycles. The van der Waals surface area contributed by atoms with Crippen LogP contribution in [0.25, 0.3) is 0 Å². The summed E-state index contributed by atoms with van der Waals surface area (Å²) in [7, 11) is 0. The Labute approximate surface area is 108 Å². The van der Waals surface area contributed by atoms with E-state index >= 15 is 0 Å². The summed E-state index contributed by atoms with van der Waals surface area (Å²) >= 11 is 1.40. The Kier molecular flexibility index (Phi) is 3.16. The molecule has 2 N–H and O–H groups in total.